The molecule has 1 aliphatic rings. The van der Waals surface area contributed by atoms with Gasteiger partial charge in [-0.3, -0.25) is 0 Å². The van der Waals surface area contributed by atoms with Gasteiger partial charge in [-0.25, -0.2) is 19.2 Å². The average molecular weight is 493 g/mol. The molecule has 0 saturated carbocycles. The molecular weight excluding hydrogens is 477 g/mol. The van der Waals surface area contributed by atoms with Gasteiger partial charge in [0.05, 0.1) is 41.1 Å². The number of urea groups is 1. The molecule has 2 amide bonds. The molecule has 0 spiro atoms. The van der Waals surface area contributed by atoms with E-state index in [-0.39, 0.29) is 30.9 Å². The fraction of sp³-hybridized carbons (Fsp3) is 0.150. The first-order valence-corrected chi connectivity index (χ1v) is 10.0. The summed E-state index contributed by atoms with van der Waals surface area (Å²) in [4.78, 5) is 22.9. The van der Waals surface area contributed by atoms with Gasteiger partial charge in [0.1, 0.15) is 11.6 Å². The number of nitrogen functional groups attached to an aromatic ring is 1. The van der Waals surface area contributed by atoms with Crippen LogP contribution in [-0.4, -0.2) is 28.0 Å². The van der Waals surface area contributed by atoms with E-state index in [9.17, 15) is 9.18 Å². The number of aromatic nitrogens is 2. The van der Waals surface area contributed by atoms with E-state index >= 15 is 0 Å². The maximum atomic E-state index is 13.1. The molecule has 1 aromatic heterocycles. The average Bonchev–Trinajstić information content (AvgIpc) is 3.13. The van der Waals surface area contributed by atoms with Gasteiger partial charge in [-0.15, -0.1) is 0 Å². The topological polar surface area (TPSA) is 93.4 Å². The molecule has 0 unspecified atom stereocenters. The third-order valence-electron chi connectivity index (χ3n) is 4.68. The summed E-state index contributed by atoms with van der Waals surface area (Å²) in [7, 11) is 1.55. The Balaban J connectivity index is 1.65. The Morgan fingerprint density at radius 3 is 2.70 bits per heavy atom. The number of carbonyl (C=O) groups excluding carboxylic acids is 1. The van der Waals surface area contributed by atoms with Gasteiger partial charge in [-0.2, -0.15) is 0 Å². The van der Waals surface area contributed by atoms with E-state index in [0.29, 0.717) is 37.9 Å². The summed E-state index contributed by atoms with van der Waals surface area (Å²) in [6.45, 7) is 0.528. The van der Waals surface area contributed by atoms with E-state index in [1.807, 2.05) is 0 Å². The number of amides is 2. The van der Waals surface area contributed by atoms with E-state index in [2.05, 4.69) is 31.2 Å². The normalized spacial score (nSPS) is 12.6. The van der Waals surface area contributed by atoms with Gasteiger partial charge >= 0.3 is 6.03 Å². The zero-order valence-corrected chi connectivity index (χ0v) is 18.1. The Bertz CT molecular complexity index is 1140. The van der Waals surface area contributed by atoms with E-state index in [1.165, 1.54) is 24.3 Å². The summed E-state index contributed by atoms with van der Waals surface area (Å²) >= 11 is 9.86. The lowest BCUT2D eigenvalue weighted by atomic mass is 10.1. The van der Waals surface area contributed by atoms with Crippen LogP contribution in [0.3, 0.4) is 0 Å². The van der Waals surface area contributed by atoms with Crippen molar-refractivity contribution in [2.45, 2.75) is 13.1 Å². The first kappa shape index (κ1) is 20.4. The van der Waals surface area contributed by atoms with Crippen LogP contribution in [0.4, 0.5) is 20.8 Å². The zero-order chi connectivity index (χ0) is 21.4. The van der Waals surface area contributed by atoms with Crippen LogP contribution >= 0.6 is 27.5 Å². The second kappa shape index (κ2) is 8.08. The van der Waals surface area contributed by atoms with Gasteiger partial charge in [-0.05, 0) is 52.3 Å². The molecule has 0 atom stereocenters. The highest BCUT2D eigenvalue weighted by Gasteiger charge is 2.29. The molecule has 0 radical (unpaired) electrons. The number of rotatable bonds is 3. The van der Waals surface area contributed by atoms with Crippen molar-refractivity contribution in [3.05, 3.63) is 63.0 Å². The van der Waals surface area contributed by atoms with Gasteiger partial charge < -0.3 is 20.7 Å². The molecule has 4 rings (SSSR count). The molecule has 0 fully saturated rings. The highest BCUT2D eigenvalue weighted by Crippen LogP contribution is 2.39. The molecule has 0 saturated heterocycles. The first-order valence-electron chi connectivity index (χ1n) is 8.86. The third-order valence-corrected chi connectivity index (χ3v) is 5.61. The fourth-order valence-corrected chi connectivity index (χ4v) is 4.13. The van der Waals surface area contributed by atoms with Crippen LogP contribution in [-0.2, 0) is 13.1 Å². The lowest BCUT2D eigenvalue weighted by Gasteiger charge is -2.16. The number of ether oxygens (including phenoxy) is 1. The number of hydrogen-bond acceptors (Lipinski definition) is 5. The number of anilines is 2. The van der Waals surface area contributed by atoms with Crippen molar-refractivity contribution in [3.8, 4) is 17.0 Å². The molecule has 7 nitrogen and oxygen atoms in total. The minimum absolute atomic E-state index is 0.0856. The van der Waals surface area contributed by atoms with Crippen LogP contribution in [0.25, 0.3) is 11.3 Å². The summed E-state index contributed by atoms with van der Waals surface area (Å²) in [6.07, 6.45) is 0. The van der Waals surface area contributed by atoms with Crippen molar-refractivity contribution in [3.63, 3.8) is 0 Å². The number of fused-ring (bicyclic) bond motifs is 1. The molecule has 154 valence electrons. The summed E-state index contributed by atoms with van der Waals surface area (Å²) in [5.41, 5.74) is 8.98. The Kier molecular flexibility index (Phi) is 5.48. The second-order valence-electron chi connectivity index (χ2n) is 6.62. The predicted molar refractivity (Wildman–Crippen MR) is 116 cm³/mol. The van der Waals surface area contributed by atoms with Gasteiger partial charge in [0.15, 0.2) is 0 Å². The number of nitrogens with zero attached hydrogens (tertiary/aromatic N) is 3. The largest absolute Gasteiger partial charge is 0.496 e. The van der Waals surface area contributed by atoms with Crippen molar-refractivity contribution < 1.29 is 13.9 Å². The smallest absolute Gasteiger partial charge is 0.322 e. The number of nitrogens with two attached hydrogens (primary N) is 1. The van der Waals surface area contributed by atoms with Crippen LogP contribution in [0.1, 0.15) is 11.3 Å². The van der Waals surface area contributed by atoms with Crippen LogP contribution in [0.5, 0.6) is 5.75 Å². The summed E-state index contributed by atoms with van der Waals surface area (Å²) in [6, 6.07) is 8.68. The number of carbonyl (C=O) groups is 1. The van der Waals surface area contributed by atoms with Gasteiger partial charge in [0.25, 0.3) is 0 Å². The molecular formula is C20H16BrClFN5O2. The molecule has 2 aromatic carbocycles. The maximum Gasteiger partial charge on any atom is 0.322 e. The van der Waals surface area contributed by atoms with Crippen molar-refractivity contribution in [1.29, 1.82) is 0 Å². The molecule has 2 heterocycles. The summed E-state index contributed by atoms with van der Waals surface area (Å²) in [5, 5.41) is 3.20. The lowest BCUT2D eigenvalue weighted by Crippen LogP contribution is -2.30. The molecule has 1 aliphatic heterocycles. The quantitative estimate of drug-likeness (QED) is 0.546. The molecule has 0 bridgehead atoms. The highest BCUT2D eigenvalue weighted by molar-refractivity contribution is 9.10. The van der Waals surface area contributed by atoms with Crippen molar-refractivity contribution in [2.24, 2.45) is 0 Å². The summed E-state index contributed by atoms with van der Waals surface area (Å²) in [5.74, 6) is 0.297. The first-order chi connectivity index (χ1) is 14.4. The molecule has 3 aromatic rings. The van der Waals surface area contributed by atoms with Crippen LogP contribution in [0.2, 0.25) is 5.02 Å². The SMILES string of the molecule is COc1cc(-c2nc(N)nc3c2CN(C(=O)Nc2ccc(F)cc2)C3)c(Cl)cc1Br. The van der Waals surface area contributed by atoms with E-state index in [4.69, 9.17) is 22.1 Å². The fourth-order valence-electron chi connectivity index (χ4n) is 3.24. The highest BCUT2D eigenvalue weighted by atomic mass is 79.9. The third kappa shape index (κ3) is 3.90. The minimum Gasteiger partial charge on any atom is -0.496 e. The minimum atomic E-state index is -0.376. The second-order valence-corrected chi connectivity index (χ2v) is 7.88. The predicted octanol–water partition coefficient (Wildman–Crippen LogP) is 4.84. The number of nitrogens with one attached hydrogen (secondary N) is 1. The Morgan fingerprint density at radius 2 is 2.00 bits per heavy atom. The maximum absolute atomic E-state index is 13.1. The van der Waals surface area contributed by atoms with Gasteiger partial charge in [-0.1, -0.05) is 11.6 Å². The van der Waals surface area contributed by atoms with Crippen LogP contribution in [0, 0.1) is 5.82 Å². The standard InChI is InChI=1S/C20H16BrClFN5O2/c1-30-17-6-12(15(22)7-14(17)21)18-13-8-28(9-16(13)26-19(24)27-18)20(29)25-11-4-2-10(23)3-5-11/h2-7H,8-9H2,1H3,(H,25,29)(H2,24,26,27). The molecule has 3 N–H and O–H groups in total. The Hall–Kier alpha value is -2.91. The van der Waals surface area contributed by atoms with Crippen molar-refractivity contribution in [2.75, 3.05) is 18.2 Å². The Labute approximate surface area is 185 Å². The number of hydrogen-bond donors (Lipinski definition) is 2. The lowest BCUT2D eigenvalue weighted by molar-refractivity contribution is 0.212. The molecule has 0 aliphatic carbocycles. The molecule has 10 heteroatoms. The number of halogens is 3. The number of methoxy groups -OCH3 is 1. The van der Waals surface area contributed by atoms with Gasteiger partial charge in [0, 0.05) is 16.8 Å². The monoisotopic (exact) mass is 491 g/mol. The van der Waals surface area contributed by atoms with Crippen molar-refractivity contribution in [1.82, 2.24) is 14.9 Å². The number of benzene rings is 2. The van der Waals surface area contributed by atoms with Crippen LogP contribution < -0.4 is 15.8 Å². The Morgan fingerprint density at radius 1 is 1.27 bits per heavy atom. The van der Waals surface area contributed by atoms with Gasteiger partial charge in [0.2, 0.25) is 5.95 Å². The summed E-state index contributed by atoms with van der Waals surface area (Å²) < 4.78 is 19.2. The van der Waals surface area contributed by atoms with E-state index < -0.39 is 0 Å². The van der Waals surface area contributed by atoms with Crippen molar-refractivity contribution >= 4 is 45.2 Å². The zero-order valence-electron chi connectivity index (χ0n) is 15.7. The van der Waals surface area contributed by atoms with Crippen LogP contribution in [0.15, 0.2) is 40.9 Å². The molecule has 30 heavy (non-hydrogen) atoms. The van der Waals surface area contributed by atoms with E-state index in [0.717, 1.165) is 5.56 Å². The van der Waals surface area contributed by atoms with E-state index in [1.54, 1.807) is 24.1 Å².